The van der Waals surface area contributed by atoms with Crippen LogP contribution in [0.2, 0.25) is 0 Å². The van der Waals surface area contributed by atoms with Crippen LogP contribution in [0.3, 0.4) is 0 Å². The van der Waals surface area contributed by atoms with Gasteiger partial charge >= 0.3 is 6.09 Å². The second kappa shape index (κ2) is 7.30. The van der Waals surface area contributed by atoms with E-state index in [2.05, 4.69) is 38.9 Å². The molecule has 0 spiro atoms. The van der Waals surface area contributed by atoms with E-state index in [1.165, 1.54) is 0 Å². The fourth-order valence-corrected chi connectivity index (χ4v) is 3.93. The smallest absolute Gasteiger partial charge is 0.410 e. The molecule has 1 fully saturated rings. The van der Waals surface area contributed by atoms with E-state index < -0.39 is 5.60 Å². The van der Waals surface area contributed by atoms with E-state index in [1.54, 1.807) is 4.90 Å². The van der Waals surface area contributed by atoms with Crippen LogP contribution in [0.5, 0.6) is 0 Å². The van der Waals surface area contributed by atoms with Gasteiger partial charge in [-0.2, -0.15) is 5.10 Å². The lowest BCUT2D eigenvalue weighted by Crippen LogP contribution is -2.55. The Morgan fingerprint density at radius 3 is 2.67 bits per heavy atom. The molecule has 1 atom stereocenters. The summed E-state index contributed by atoms with van der Waals surface area (Å²) in [6, 6.07) is 2.10. The Hall–Kier alpha value is -1.83. The maximum Gasteiger partial charge on any atom is 0.410 e. The Kier molecular flexibility index (Phi) is 5.38. The van der Waals surface area contributed by atoms with Crippen LogP contribution in [0.25, 0.3) is 5.65 Å². The van der Waals surface area contributed by atoms with Crippen LogP contribution in [0.15, 0.2) is 10.5 Å². The first-order chi connectivity index (χ1) is 12.6. The predicted molar refractivity (Wildman–Crippen MR) is 109 cm³/mol. The zero-order chi connectivity index (χ0) is 19.9. The molecule has 0 aliphatic carbocycles. The number of fused-ring (bicyclic) bond motifs is 1. The van der Waals surface area contributed by atoms with Crippen molar-refractivity contribution in [1.82, 2.24) is 19.5 Å². The molecular weight excluding hydrogens is 410 g/mol. The minimum Gasteiger partial charge on any atom is -0.444 e. The first-order valence-corrected chi connectivity index (χ1v) is 10.2. The average Bonchev–Trinajstić information content (AvgIpc) is 2.90. The molecular formula is C19H28BrN5O2. The maximum absolute atomic E-state index is 12.4. The summed E-state index contributed by atoms with van der Waals surface area (Å²) in [4.78, 5) is 21.3. The summed E-state index contributed by atoms with van der Waals surface area (Å²) in [5.41, 5.74) is 2.40. The molecule has 0 radical (unpaired) electrons. The molecule has 3 rings (SSSR count). The number of hydrogen-bond donors (Lipinski definition) is 0. The van der Waals surface area contributed by atoms with E-state index in [0.717, 1.165) is 40.3 Å². The van der Waals surface area contributed by atoms with Crippen molar-refractivity contribution in [3.8, 4) is 0 Å². The van der Waals surface area contributed by atoms with E-state index in [0.29, 0.717) is 13.1 Å². The third kappa shape index (κ3) is 4.05. The SMILES string of the molecule is CCc1nn2c(C)cc(N3CCN(C(=O)OC(C)(C)C)[C@@H](C)C3)nc2c1Br. The number of aryl methyl sites for hydroxylation is 2. The summed E-state index contributed by atoms with van der Waals surface area (Å²) in [5, 5.41) is 4.62. The molecule has 7 nitrogen and oxygen atoms in total. The van der Waals surface area contributed by atoms with E-state index in [4.69, 9.17) is 9.72 Å². The molecule has 0 saturated carbocycles. The lowest BCUT2D eigenvalue weighted by atomic mass is 10.2. The highest BCUT2D eigenvalue weighted by Gasteiger charge is 2.31. The third-order valence-corrected chi connectivity index (χ3v) is 5.49. The molecule has 0 aromatic carbocycles. The van der Waals surface area contributed by atoms with Gasteiger partial charge in [0.2, 0.25) is 0 Å². The molecule has 148 valence electrons. The highest BCUT2D eigenvalue weighted by molar-refractivity contribution is 9.10. The summed E-state index contributed by atoms with van der Waals surface area (Å²) in [6.07, 6.45) is 0.602. The fraction of sp³-hybridized carbons (Fsp3) is 0.632. The standard InChI is InChI=1S/C19H28BrN5O2/c1-7-14-16(20)17-21-15(10-12(2)25(17)22-14)23-8-9-24(13(3)11-23)18(26)27-19(4,5)6/h10,13H,7-9,11H2,1-6H3/t13-/m0/s1. The third-order valence-electron chi connectivity index (χ3n) is 4.68. The van der Waals surface area contributed by atoms with Crippen molar-refractivity contribution in [1.29, 1.82) is 0 Å². The monoisotopic (exact) mass is 437 g/mol. The van der Waals surface area contributed by atoms with Crippen LogP contribution >= 0.6 is 15.9 Å². The summed E-state index contributed by atoms with van der Waals surface area (Å²) in [6.45, 7) is 13.9. The van der Waals surface area contributed by atoms with Crippen LogP contribution in [-0.4, -0.2) is 56.9 Å². The fourth-order valence-electron chi connectivity index (χ4n) is 3.31. The van der Waals surface area contributed by atoms with Crippen molar-refractivity contribution in [2.45, 2.75) is 59.6 Å². The van der Waals surface area contributed by atoms with Crippen LogP contribution < -0.4 is 4.90 Å². The van der Waals surface area contributed by atoms with Gasteiger partial charge in [-0.15, -0.1) is 0 Å². The zero-order valence-electron chi connectivity index (χ0n) is 16.9. The van der Waals surface area contributed by atoms with Crippen molar-refractivity contribution < 1.29 is 9.53 Å². The molecule has 1 saturated heterocycles. The van der Waals surface area contributed by atoms with Crippen molar-refractivity contribution in [2.24, 2.45) is 0 Å². The normalized spacial score (nSPS) is 18.3. The topological polar surface area (TPSA) is 63.0 Å². The predicted octanol–water partition coefficient (Wildman–Crippen LogP) is 3.81. The van der Waals surface area contributed by atoms with E-state index in [9.17, 15) is 4.79 Å². The highest BCUT2D eigenvalue weighted by atomic mass is 79.9. The molecule has 0 unspecified atom stereocenters. The number of carbonyl (C=O) groups excluding carboxylic acids is 1. The second-order valence-corrected chi connectivity index (χ2v) is 8.87. The van der Waals surface area contributed by atoms with Gasteiger partial charge in [0.1, 0.15) is 11.4 Å². The summed E-state index contributed by atoms with van der Waals surface area (Å²) < 4.78 is 8.37. The first-order valence-electron chi connectivity index (χ1n) is 9.40. The summed E-state index contributed by atoms with van der Waals surface area (Å²) in [7, 11) is 0. The van der Waals surface area contributed by atoms with Gasteiger partial charge in [-0.3, -0.25) is 0 Å². The molecule has 8 heteroatoms. The molecule has 1 amide bonds. The van der Waals surface area contributed by atoms with E-state index in [-0.39, 0.29) is 12.1 Å². The Morgan fingerprint density at radius 2 is 2.07 bits per heavy atom. The van der Waals surface area contributed by atoms with Gasteiger partial charge in [0.15, 0.2) is 5.65 Å². The van der Waals surface area contributed by atoms with Gasteiger partial charge in [0, 0.05) is 37.4 Å². The number of piperazine rings is 1. The van der Waals surface area contributed by atoms with E-state index >= 15 is 0 Å². The largest absolute Gasteiger partial charge is 0.444 e. The van der Waals surface area contributed by atoms with Gasteiger partial charge in [0.25, 0.3) is 0 Å². The number of anilines is 1. The number of hydrogen-bond acceptors (Lipinski definition) is 5. The molecule has 2 aromatic heterocycles. The van der Waals surface area contributed by atoms with Gasteiger partial charge in [-0.05, 0) is 57.0 Å². The Bertz CT molecular complexity index is 858. The number of carbonyl (C=O) groups is 1. The number of halogens is 1. The van der Waals surface area contributed by atoms with Crippen LogP contribution in [-0.2, 0) is 11.2 Å². The number of amides is 1. The van der Waals surface area contributed by atoms with Crippen molar-refractivity contribution in [2.75, 3.05) is 24.5 Å². The minimum absolute atomic E-state index is 0.0477. The first kappa shape index (κ1) is 19.9. The van der Waals surface area contributed by atoms with Gasteiger partial charge in [0.05, 0.1) is 10.2 Å². The molecule has 1 aliphatic rings. The molecule has 0 bridgehead atoms. The van der Waals surface area contributed by atoms with Crippen molar-refractivity contribution in [3.63, 3.8) is 0 Å². The highest BCUT2D eigenvalue weighted by Crippen LogP contribution is 2.27. The molecule has 3 heterocycles. The Labute approximate surface area is 168 Å². The number of ether oxygens (including phenoxy) is 1. The van der Waals surface area contributed by atoms with Gasteiger partial charge in [-0.25, -0.2) is 14.3 Å². The quantitative estimate of drug-likeness (QED) is 0.714. The van der Waals surface area contributed by atoms with Gasteiger partial charge in [-0.1, -0.05) is 6.92 Å². The average molecular weight is 438 g/mol. The van der Waals surface area contributed by atoms with Crippen LogP contribution in [0, 0.1) is 6.92 Å². The van der Waals surface area contributed by atoms with Crippen LogP contribution in [0.1, 0.15) is 46.0 Å². The minimum atomic E-state index is -0.483. The van der Waals surface area contributed by atoms with Crippen molar-refractivity contribution >= 4 is 33.5 Å². The Morgan fingerprint density at radius 1 is 1.37 bits per heavy atom. The zero-order valence-corrected chi connectivity index (χ0v) is 18.5. The summed E-state index contributed by atoms with van der Waals surface area (Å²) >= 11 is 3.64. The van der Waals surface area contributed by atoms with E-state index in [1.807, 2.05) is 39.1 Å². The van der Waals surface area contributed by atoms with Crippen molar-refractivity contribution in [3.05, 3.63) is 21.9 Å². The Balaban J connectivity index is 1.81. The number of nitrogens with zero attached hydrogens (tertiary/aromatic N) is 5. The second-order valence-electron chi connectivity index (χ2n) is 8.07. The number of rotatable bonds is 2. The molecule has 27 heavy (non-hydrogen) atoms. The lowest BCUT2D eigenvalue weighted by Gasteiger charge is -2.40. The van der Waals surface area contributed by atoms with Gasteiger partial charge < -0.3 is 14.5 Å². The molecule has 0 N–H and O–H groups in total. The lowest BCUT2D eigenvalue weighted by molar-refractivity contribution is 0.0158. The van der Waals surface area contributed by atoms with Crippen LogP contribution in [0.4, 0.5) is 10.6 Å². The molecule has 2 aromatic rings. The maximum atomic E-state index is 12.4. The molecule has 1 aliphatic heterocycles. The summed E-state index contributed by atoms with van der Waals surface area (Å²) in [5.74, 6) is 0.916. The number of aromatic nitrogens is 3.